The smallest absolute Gasteiger partial charge is 0.138 e. The molecule has 0 aliphatic carbocycles. The summed E-state index contributed by atoms with van der Waals surface area (Å²) in [4.78, 5) is 4.34. The number of rotatable bonds is 6. The highest BCUT2D eigenvalue weighted by Gasteiger charge is 2.10. The number of ether oxygens (including phenoxy) is 1. The molecule has 0 amide bonds. The van der Waals surface area contributed by atoms with Gasteiger partial charge in [-0.3, -0.25) is 0 Å². The predicted octanol–water partition coefficient (Wildman–Crippen LogP) is 5.35. The molecule has 0 unspecified atom stereocenters. The van der Waals surface area contributed by atoms with Gasteiger partial charge in [0, 0.05) is 0 Å². The Bertz CT molecular complexity index is 637. The zero-order valence-corrected chi connectivity index (χ0v) is 17.0. The quantitative estimate of drug-likeness (QED) is 0.749. The number of imidazole rings is 1. The van der Waals surface area contributed by atoms with Crippen molar-refractivity contribution in [2.45, 2.75) is 48.1 Å². The summed E-state index contributed by atoms with van der Waals surface area (Å²) < 4.78 is 7.47. The Morgan fingerprint density at radius 2 is 1.92 bits per heavy atom. The minimum Gasteiger partial charge on any atom is -0.490 e. The average molecular weight is 367 g/mol. The van der Waals surface area contributed by atoms with Crippen molar-refractivity contribution in [2.24, 2.45) is 0 Å². The summed E-state index contributed by atoms with van der Waals surface area (Å²) in [6, 6.07) is 5.66. The van der Waals surface area contributed by atoms with E-state index in [2.05, 4.69) is 4.98 Å². The molecule has 0 atom stereocenters. The summed E-state index contributed by atoms with van der Waals surface area (Å²) in [6.07, 6.45) is 5.83. The lowest BCUT2D eigenvalue weighted by Gasteiger charge is -2.12. The molecule has 5 heteroatoms. The molecule has 140 valence electrons. The van der Waals surface area contributed by atoms with Gasteiger partial charge in [0.15, 0.2) is 0 Å². The van der Waals surface area contributed by atoms with Gasteiger partial charge in [-0.25, -0.2) is 4.98 Å². The number of allylic oxidation sites excluding steroid dienone is 1. The van der Waals surface area contributed by atoms with Gasteiger partial charge in [-0.15, -0.1) is 0 Å². The second-order valence-electron chi connectivity index (χ2n) is 4.64. The van der Waals surface area contributed by atoms with Crippen molar-refractivity contribution in [1.82, 2.24) is 9.55 Å². The van der Waals surface area contributed by atoms with E-state index in [0.29, 0.717) is 17.3 Å². The second kappa shape index (κ2) is 13.5. The second-order valence-corrected chi connectivity index (χ2v) is 5.02. The zero-order chi connectivity index (χ0) is 19.2. The molecule has 1 N–H and O–H groups in total. The van der Waals surface area contributed by atoms with Gasteiger partial charge in [-0.05, 0) is 31.6 Å². The maximum atomic E-state index is 8.83. The van der Waals surface area contributed by atoms with Crippen molar-refractivity contribution in [3.63, 3.8) is 0 Å². The van der Waals surface area contributed by atoms with Gasteiger partial charge in [0.05, 0.1) is 35.9 Å². The Morgan fingerprint density at radius 3 is 2.52 bits per heavy atom. The van der Waals surface area contributed by atoms with Gasteiger partial charge in [0.2, 0.25) is 0 Å². The van der Waals surface area contributed by atoms with E-state index in [4.69, 9.17) is 21.4 Å². The highest BCUT2D eigenvalue weighted by atomic mass is 35.5. The lowest BCUT2D eigenvalue weighted by molar-refractivity contribution is 0.201. The summed E-state index contributed by atoms with van der Waals surface area (Å²) in [7, 11) is 0. The van der Waals surface area contributed by atoms with Crippen LogP contribution in [0.5, 0.6) is 5.75 Å². The molecule has 0 saturated heterocycles. The fourth-order valence-electron chi connectivity index (χ4n) is 2.12. The number of aromatic nitrogens is 2. The van der Waals surface area contributed by atoms with Crippen LogP contribution in [0.2, 0.25) is 5.02 Å². The van der Waals surface area contributed by atoms with Crippen molar-refractivity contribution < 1.29 is 9.84 Å². The molecule has 0 aliphatic heterocycles. The van der Waals surface area contributed by atoms with E-state index in [1.165, 1.54) is 0 Å². The van der Waals surface area contributed by atoms with Gasteiger partial charge in [0.1, 0.15) is 12.4 Å². The van der Waals surface area contributed by atoms with Crippen molar-refractivity contribution in [3.8, 4) is 5.75 Å². The van der Waals surface area contributed by atoms with E-state index in [0.717, 1.165) is 17.0 Å². The molecule has 2 aromatic rings. The van der Waals surface area contributed by atoms with Crippen LogP contribution in [0.25, 0.3) is 6.08 Å². The molecule has 25 heavy (non-hydrogen) atoms. The van der Waals surface area contributed by atoms with Crippen molar-refractivity contribution >= 4 is 17.7 Å². The summed E-state index contributed by atoms with van der Waals surface area (Å²) in [5, 5.41) is 9.41. The van der Waals surface area contributed by atoms with E-state index in [9.17, 15) is 0 Å². The van der Waals surface area contributed by atoms with Crippen LogP contribution >= 0.6 is 11.6 Å². The first-order chi connectivity index (χ1) is 12.2. The van der Waals surface area contributed by atoms with Crippen LogP contribution in [0, 0.1) is 6.92 Å². The summed E-state index contributed by atoms with van der Waals surface area (Å²) in [6.45, 7) is 12.8. The first-order valence-corrected chi connectivity index (χ1v) is 9.20. The Morgan fingerprint density at radius 1 is 1.24 bits per heavy atom. The minimum atomic E-state index is -0.0350. The van der Waals surface area contributed by atoms with E-state index in [1.807, 2.05) is 76.7 Å². The largest absolute Gasteiger partial charge is 0.490 e. The molecule has 0 saturated carbocycles. The molecule has 4 nitrogen and oxygen atoms in total. The summed E-state index contributed by atoms with van der Waals surface area (Å²) in [5.41, 5.74) is 3.00. The highest BCUT2D eigenvalue weighted by Crippen LogP contribution is 2.29. The molecule has 2 rings (SSSR count). The molecular weight excluding hydrogens is 336 g/mol. The first kappa shape index (κ1) is 23.2. The lowest BCUT2D eigenvalue weighted by Crippen LogP contribution is -2.05. The van der Waals surface area contributed by atoms with Crippen LogP contribution in [0.3, 0.4) is 0 Å². The van der Waals surface area contributed by atoms with Crippen LogP contribution in [0.15, 0.2) is 30.6 Å². The number of hydrogen-bond acceptors (Lipinski definition) is 3. The molecule has 0 fully saturated rings. The van der Waals surface area contributed by atoms with Crippen LogP contribution < -0.4 is 4.74 Å². The van der Waals surface area contributed by atoms with Crippen molar-refractivity contribution in [2.75, 3.05) is 13.2 Å². The lowest BCUT2D eigenvalue weighted by atomic mass is 10.2. The van der Waals surface area contributed by atoms with E-state index in [1.54, 1.807) is 6.07 Å². The fourth-order valence-corrected chi connectivity index (χ4v) is 2.36. The van der Waals surface area contributed by atoms with E-state index >= 15 is 0 Å². The Kier molecular flexibility index (Phi) is 12.5. The van der Waals surface area contributed by atoms with Crippen LogP contribution in [0.1, 0.15) is 51.6 Å². The maximum Gasteiger partial charge on any atom is 0.138 e. The number of aryl methyl sites for hydroxylation is 1. The van der Waals surface area contributed by atoms with Gasteiger partial charge >= 0.3 is 0 Å². The molecule has 0 spiro atoms. The summed E-state index contributed by atoms with van der Waals surface area (Å²) >= 11 is 6.37. The summed E-state index contributed by atoms with van der Waals surface area (Å²) in [5.74, 6) is 0.590. The van der Waals surface area contributed by atoms with Gasteiger partial charge < -0.3 is 14.4 Å². The van der Waals surface area contributed by atoms with E-state index < -0.39 is 0 Å². The zero-order valence-electron chi connectivity index (χ0n) is 16.2. The number of aliphatic hydroxyl groups excluding tert-OH is 1. The number of nitrogens with zero attached hydrogens (tertiary/aromatic N) is 2. The molecule has 0 radical (unpaired) electrons. The number of aliphatic hydroxyl groups is 1. The third-order valence-electron chi connectivity index (χ3n) is 3.13. The van der Waals surface area contributed by atoms with Gasteiger partial charge in [-0.1, -0.05) is 57.5 Å². The Balaban J connectivity index is 0.00000134. The monoisotopic (exact) mass is 366 g/mol. The van der Waals surface area contributed by atoms with Gasteiger partial charge in [-0.2, -0.15) is 0 Å². The van der Waals surface area contributed by atoms with Crippen LogP contribution in [-0.2, 0) is 6.54 Å². The first-order valence-electron chi connectivity index (χ1n) is 8.82. The Labute approximate surface area is 157 Å². The van der Waals surface area contributed by atoms with Crippen LogP contribution in [-0.4, -0.2) is 27.9 Å². The van der Waals surface area contributed by atoms with Crippen molar-refractivity contribution in [3.05, 3.63) is 52.6 Å². The van der Waals surface area contributed by atoms with Crippen LogP contribution in [0.4, 0.5) is 0 Å². The SMILES string of the molecule is C/C=C\c1c(C)ncn1Cc1cccc(OCCO)c1Cl.CC.CC. The third kappa shape index (κ3) is 6.92. The van der Waals surface area contributed by atoms with Crippen molar-refractivity contribution in [1.29, 1.82) is 0 Å². The van der Waals surface area contributed by atoms with Gasteiger partial charge in [0.25, 0.3) is 0 Å². The normalized spacial score (nSPS) is 9.92. The molecule has 0 aliphatic rings. The maximum absolute atomic E-state index is 8.83. The predicted molar refractivity (Wildman–Crippen MR) is 108 cm³/mol. The minimum absolute atomic E-state index is 0.0350. The third-order valence-corrected chi connectivity index (χ3v) is 3.56. The molecular formula is C20H31ClN2O2. The average Bonchev–Trinajstić information content (AvgIpc) is 2.99. The highest BCUT2D eigenvalue weighted by molar-refractivity contribution is 6.32. The molecule has 1 aromatic carbocycles. The fraction of sp³-hybridized carbons (Fsp3) is 0.450. The van der Waals surface area contributed by atoms with E-state index in [-0.39, 0.29) is 13.2 Å². The Hall–Kier alpha value is -1.78. The standard InChI is InChI=1S/C16H19ClN2O2.2C2H6/c1-3-5-14-12(2)18-11-19(14)10-13-6-4-7-15(16(13)17)21-9-8-20;2*1-2/h3-7,11,20H,8-10H2,1-2H3;2*1-2H3/b5-3-;;. The number of hydrogen-bond donors (Lipinski definition) is 1. The topological polar surface area (TPSA) is 47.3 Å². The molecule has 1 heterocycles. The molecule has 0 bridgehead atoms. The number of halogens is 1. The number of benzene rings is 1. The molecule has 1 aromatic heterocycles.